The number of hydrogen-bond donors (Lipinski definition) is 0. The van der Waals surface area contributed by atoms with E-state index >= 15 is 0 Å². The lowest BCUT2D eigenvalue weighted by Gasteiger charge is -2.43. The van der Waals surface area contributed by atoms with Crippen molar-refractivity contribution in [3.8, 4) is 0 Å². The molecule has 2 heterocycles. The van der Waals surface area contributed by atoms with Crippen LogP contribution >= 0.6 is 11.8 Å². The quantitative estimate of drug-likeness (QED) is 0.147. The van der Waals surface area contributed by atoms with E-state index in [1.165, 1.54) is 34.0 Å². The summed E-state index contributed by atoms with van der Waals surface area (Å²) in [6.07, 6.45) is 5.88. The fourth-order valence-corrected chi connectivity index (χ4v) is 7.25. The number of benzene rings is 4. The van der Waals surface area contributed by atoms with E-state index in [4.69, 9.17) is 0 Å². The number of nitrogens with zero attached hydrogens (tertiary/aromatic N) is 3. The van der Waals surface area contributed by atoms with E-state index in [1.54, 1.807) is 6.20 Å². The molecule has 1 aromatic heterocycles. The largest absolute Gasteiger partial charge is 0.329 e. The predicted octanol–water partition coefficient (Wildman–Crippen LogP) is 8.12. The molecule has 1 aliphatic heterocycles. The molecule has 4 aromatic carbocycles. The van der Waals surface area contributed by atoms with E-state index in [0.717, 1.165) is 22.0 Å². The summed E-state index contributed by atoms with van der Waals surface area (Å²) in [4.78, 5) is 20.2. The first-order chi connectivity index (χ1) is 20.3. The summed E-state index contributed by atoms with van der Waals surface area (Å²) < 4.78 is 1.94. The van der Waals surface area contributed by atoms with Gasteiger partial charge in [-0.2, -0.15) is 0 Å². The first kappa shape index (κ1) is 27.8. The van der Waals surface area contributed by atoms with Crippen LogP contribution in [0.3, 0.4) is 0 Å². The third kappa shape index (κ3) is 4.78. The van der Waals surface area contributed by atoms with Crippen LogP contribution in [0.1, 0.15) is 48.6 Å². The molecular formula is C37H35N3OS. The molecule has 0 spiro atoms. The Morgan fingerprint density at radius 3 is 1.86 bits per heavy atom. The average molecular weight is 570 g/mol. The molecule has 0 saturated heterocycles. The van der Waals surface area contributed by atoms with Gasteiger partial charge in [0.15, 0.2) is 5.16 Å². The van der Waals surface area contributed by atoms with Crippen molar-refractivity contribution in [1.29, 1.82) is 0 Å². The lowest BCUT2D eigenvalue weighted by atomic mass is 9.64. The maximum atomic E-state index is 13.9. The van der Waals surface area contributed by atoms with Gasteiger partial charge in [0.05, 0.1) is 22.4 Å². The molecule has 0 fully saturated rings. The van der Waals surface area contributed by atoms with Crippen LogP contribution in [0.4, 0.5) is 5.69 Å². The van der Waals surface area contributed by atoms with E-state index in [9.17, 15) is 4.79 Å². The highest BCUT2D eigenvalue weighted by atomic mass is 32.2. The molecule has 210 valence electrons. The van der Waals surface area contributed by atoms with Crippen LogP contribution in [-0.4, -0.2) is 26.8 Å². The summed E-state index contributed by atoms with van der Waals surface area (Å²) in [5, 5.41) is 0.832. The van der Waals surface area contributed by atoms with Gasteiger partial charge >= 0.3 is 0 Å². The number of imidazole rings is 1. The second-order valence-electron chi connectivity index (χ2n) is 11.4. The van der Waals surface area contributed by atoms with Crippen molar-refractivity contribution in [2.45, 2.75) is 36.9 Å². The highest BCUT2D eigenvalue weighted by molar-refractivity contribution is 7.99. The topological polar surface area (TPSA) is 38.1 Å². The zero-order valence-electron chi connectivity index (χ0n) is 24.5. The summed E-state index contributed by atoms with van der Waals surface area (Å²) in [5.74, 6) is 0.371. The Bertz CT molecular complexity index is 1640. The number of thioether (sulfide) groups is 1. The Labute approximate surface area is 252 Å². The number of hydrogen-bond acceptors (Lipinski definition) is 3. The third-order valence-corrected chi connectivity index (χ3v) is 9.26. The maximum absolute atomic E-state index is 13.9. The van der Waals surface area contributed by atoms with Gasteiger partial charge in [-0.25, -0.2) is 4.98 Å². The molecule has 0 saturated carbocycles. The molecule has 5 heteroatoms. The number of rotatable bonds is 7. The highest BCUT2D eigenvalue weighted by Crippen LogP contribution is 2.48. The molecule has 42 heavy (non-hydrogen) atoms. The highest BCUT2D eigenvalue weighted by Gasteiger charge is 2.41. The number of fused-ring (bicyclic) bond motifs is 1. The number of anilines is 1. The van der Waals surface area contributed by atoms with Crippen LogP contribution in [0.15, 0.2) is 133 Å². The van der Waals surface area contributed by atoms with Gasteiger partial charge in [-0.3, -0.25) is 4.79 Å². The summed E-state index contributed by atoms with van der Waals surface area (Å²) in [7, 11) is 1.95. The van der Waals surface area contributed by atoms with Crippen LogP contribution < -0.4 is 4.90 Å². The number of amides is 1. The third-order valence-electron chi connectivity index (χ3n) is 8.21. The van der Waals surface area contributed by atoms with Crippen molar-refractivity contribution in [1.82, 2.24) is 9.55 Å². The molecule has 0 radical (unpaired) electrons. The normalized spacial score (nSPS) is 14.3. The monoisotopic (exact) mass is 569 g/mol. The molecule has 1 aliphatic rings. The van der Waals surface area contributed by atoms with E-state index in [0.29, 0.717) is 5.75 Å². The summed E-state index contributed by atoms with van der Waals surface area (Å²) in [6.45, 7) is 6.38. The number of carbonyl (C=O) groups excluding carboxylic acids is 1. The lowest BCUT2D eigenvalue weighted by Crippen LogP contribution is -2.49. The molecule has 4 nitrogen and oxygen atoms in total. The Morgan fingerprint density at radius 1 is 0.810 bits per heavy atom. The molecule has 5 aromatic rings. The molecule has 0 atom stereocenters. The van der Waals surface area contributed by atoms with Crippen molar-refractivity contribution in [2.24, 2.45) is 7.05 Å². The average Bonchev–Trinajstić information content (AvgIpc) is 3.42. The van der Waals surface area contributed by atoms with Crippen LogP contribution in [-0.2, 0) is 17.3 Å². The van der Waals surface area contributed by atoms with Gasteiger partial charge in [-0.05, 0) is 60.7 Å². The van der Waals surface area contributed by atoms with Crippen LogP contribution in [0.5, 0.6) is 0 Å². The Hall–Kier alpha value is -4.35. The van der Waals surface area contributed by atoms with E-state index < -0.39 is 11.0 Å². The predicted molar refractivity (Wildman–Crippen MR) is 174 cm³/mol. The van der Waals surface area contributed by atoms with Crippen molar-refractivity contribution >= 4 is 28.9 Å². The van der Waals surface area contributed by atoms with Gasteiger partial charge in [-0.15, -0.1) is 0 Å². The summed E-state index contributed by atoms with van der Waals surface area (Å²) >= 11 is 1.47. The van der Waals surface area contributed by atoms with Crippen molar-refractivity contribution < 1.29 is 4.79 Å². The number of aryl methyl sites for hydroxylation is 1. The fourth-order valence-electron chi connectivity index (χ4n) is 6.46. The number of aromatic nitrogens is 2. The van der Waals surface area contributed by atoms with E-state index in [-0.39, 0.29) is 5.91 Å². The van der Waals surface area contributed by atoms with Gasteiger partial charge in [0, 0.05) is 25.0 Å². The van der Waals surface area contributed by atoms with Crippen molar-refractivity contribution in [2.75, 3.05) is 10.7 Å². The Balaban J connectivity index is 1.53. The van der Waals surface area contributed by atoms with E-state index in [1.807, 2.05) is 22.7 Å². The molecule has 0 N–H and O–H groups in total. The second-order valence-corrected chi connectivity index (χ2v) is 12.3. The number of carbonyl (C=O) groups is 1. The van der Waals surface area contributed by atoms with Gasteiger partial charge in [0.2, 0.25) is 5.91 Å². The Morgan fingerprint density at radius 2 is 1.36 bits per heavy atom. The van der Waals surface area contributed by atoms with Gasteiger partial charge in [0.25, 0.3) is 0 Å². The molecule has 0 aliphatic carbocycles. The fraction of sp³-hybridized carbons (Fsp3) is 0.189. The van der Waals surface area contributed by atoms with E-state index in [2.05, 4.69) is 141 Å². The second kappa shape index (κ2) is 11.1. The molecule has 0 unspecified atom stereocenters. The van der Waals surface area contributed by atoms with Crippen LogP contribution in [0.25, 0.3) is 5.57 Å². The minimum atomic E-state index is -0.547. The maximum Gasteiger partial charge on any atom is 0.238 e. The molecular weight excluding hydrogens is 534 g/mol. The standard InChI is InChI=1S/C37H35N3OS/c1-27-25-36(2,3)40(34(41)26-42-35-38-22-23-39(35)4)33-21-20-31(24-32(27)33)37(28-14-8-5-9-15-28,29-16-10-6-11-17-29)30-18-12-7-13-19-30/h5-25H,26H2,1-4H3. The summed E-state index contributed by atoms with van der Waals surface area (Å²) in [6, 6.07) is 38.9. The van der Waals surface area contributed by atoms with Crippen LogP contribution in [0, 0.1) is 0 Å². The lowest BCUT2D eigenvalue weighted by molar-refractivity contribution is -0.116. The summed E-state index contributed by atoms with van der Waals surface area (Å²) in [5.41, 5.74) is 6.92. The van der Waals surface area contributed by atoms with Gasteiger partial charge < -0.3 is 9.47 Å². The smallest absolute Gasteiger partial charge is 0.238 e. The van der Waals surface area contributed by atoms with Crippen LogP contribution in [0.2, 0.25) is 0 Å². The minimum absolute atomic E-state index is 0.0613. The minimum Gasteiger partial charge on any atom is -0.329 e. The molecule has 0 bridgehead atoms. The number of allylic oxidation sites excluding steroid dienone is 1. The molecule has 1 amide bonds. The molecule has 6 rings (SSSR count). The zero-order chi connectivity index (χ0) is 29.3. The van der Waals surface area contributed by atoms with Gasteiger partial charge in [0.1, 0.15) is 0 Å². The first-order valence-electron chi connectivity index (χ1n) is 14.3. The Kier molecular flexibility index (Phi) is 7.38. The van der Waals surface area contributed by atoms with Crippen molar-refractivity contribution in [3.63, 3.8) is 0 Å². The van der Waals surface area contributed by atoms with Gasteiger partial charge in [-0.1, -0.05) is 115 Å². The zero-order valence-corrected chi connectivity index (χ0v) is 25.3. The SMILES string of the molecule is CC1=CC(C)(C)N(C(=O)CSc2nccn2C)c2ccc(C(c3ccccc3)(c3ccccc3)c3ccccc3)cc21. The van der Waals surface area contributed by atoms with Crippen molar-refractivity contribution in [3.05, 3.63) is 155 Å². The first-order valence-corrected chi connectivity index (χ1v) is 15.2.